The second kappa shape index (κ2) is 8.27. The number of hydrogen-bond donors (Lipinski definition) is 2. The van der Waals surface area contributed by atoms with Gasteiger partial charge in [0.25, 0.3) is 0 Å². The number of carbonyl (C=O) groups excluding carboxylic acids is 1. The van der Waals surface area contributed by atoms with Gasteiger partial charge in [0.05, 0.1) is 6.04 Å². The molecule has 1 unspecified atom stereocenters. The van der Waals surface area contributed by atoms with Gasteiger partial charge >= 0.3 is 0 Å². The Morgan fingerprint density at radius 3 is 2.88 bits per heavy atom. The molecule has 1 amide bonds. The van der Waals surface area contributed by atoms with Gasteiger partial charge in [0.15, 0.2) is 5.82 Å². The Morgan fingerprint density at radius 1 is 1.36 bits per heavy atom. The predicted octanol–water partition coefficient (Wildman–Crippen LogP) is 2.35. The Bertz CT molecular complexity index is 713. The Balaban J connectivity index is 1.45. The Kier molecular flexibility index (Phi) is 5.83. The summed E-state index contributed by atoms with van der Waals surface area (Å²) in [6, 6.07) is 10.1. The molecule has 0 bridgehead atoms. The minimum Gasteiger partial charge on any atom is -0.360 e. The van der Waals surface area contributed by atoms with Crippen LogP contribution in [0.1, 0.15) is 30.2 Å². The SMILES string of the molecule is CCC(NCCN1CCc2ccccc2C1)C(=O)Nc1cc(C)on1. The molecular weight excluding hydrogens is 316 g/mol. The van der Waals surface area contributed by atoms with Crippen LogP contribution in [-0.2, 0) is 17.8 Å². The van der Waals surface area contributed by atoms with Gasteiger partial charge in [-0.1, -0.05) is 36.3 Å². The first-order valence-corrected chi connectivity index (χ1v) is 8.92. The molecule has 0 spiro atoms. The quantitative estimate of drug-likeness (QED) is 0.808. The average Bonchev–Trinajstić information content (AvgIpc) is 3.03. The van der Waals surface area contributed by atoms with E-state index in [0.717, 1.165) is 39.0 Å². The number of anilines is 1. The summed E-state index contributed by atoms with van der Waals surface area (Å²) in [5, 5.41) is 9.96. The first-order chi connectivity index (χ1) is 12.2. The van der Waals surface area contributed by atoms with E-state index in [2.05, 4.69) is 45.0 Å². The summed E-state index contributed by atoms with van der Waals surface area (Å²) < 4.78 is 4.98. The summed E-state index contributed by atoms with van der Waals surface area (Å²) in [6.07, 6.45) is 1.82. The summed E-state index contributed by atoms with van der Waals surface area (Å²) in [7, 11) is 0. The van der Waals surface area contributed by atoms with Crippen LogP contribution in [0.5, 0.6) is 0 Å². The number of hydrogen-bond acceptors (Lipinski definition) is 5. The molecule has 1 aliphatic heterocycles. The van der Waals surface area contributed by atoms with Gasteiger partial charge in [-0.25, -0.2) is 0 Å². The highest BCUT2D eigenvalue weighted by molar-refractivity contribution is 5.93. The van der Waals surface area contributed by atoms with E-state index in [-0.39, 0.29) is 11.9 Å². The molecule has 134 valence electrons. The van der Waals surface area contributed by atoms with Gasteiger partial charge in [0.2, 0.25) is 5.91 Å². The lowest BCUT2D eigenvalue weighted by molar-refractivity contribution is -0.118. The van der Waals surface area contributed by atoms with Gasteiger partial charge in [-0.05, 0) is 30.9 Å². The molecule has 3 rings (SSSR count). The van der Waals surface area contributed by atoms with E-state index < -0.39 is 0 Å². The van der Waals surface area contributed by atoms with Crippen LogP contribution in [0.3, 0.4) is 0 Å². The molecule has 2 aromatic rings. The number of benzene rings is 1. The maximum Gasteiger partial charge on any atom is 0.242 e. The van der Waals surface area contributed by atoms with Crippen LogP contribution in [-0.4, -0.2) is 41.6 Å². The highest BCUT2D eigenvalue weighted by atomic mass is 16.5. The first kappa shape index (κ1) is 17.6. The Hall–Kier alpha value is -2.18. The highest BCUT2D eigenvalue weighted by Crippen LogP contribution is 2.17. The van der Waals surface area contributed by atoms with E-state index in [9.17, 15) is 4.79 Å². The number of amides is 1. The van der Waals surface area contributed by atoms with E-state index in [1.165, 1.54) is 11.1 Å². The number of fused-ring (bicyclic) bond motifs is 1. The molecule has 0 saturated carbocycles. The van der Waals surface area contributed by atoms with Crippen LogP contribution in [0.2, 0.25) is 0 Å². The molecule has 1 aromatic carbocycles. The van der Waals surface area contributed by atoms with Crippen molar-refractivity contribution >= 4 is 11.7 Å². The van der Waals surface area contributed by atoms with Gasteiger partial charge in [0.1, 0.15) is 5.76 Å². The lowest BCUT2D eigenvalue weighted by Gasteiger charge is -2.29. The van der Waals surface area contributed by atoms with Crippen LogP contribution in [0, 0.1) is 6.92 Å². The molecule has 2 heterocycles. The van der Waals surface area contributed by atoms with Crippen molar-refractivity contribution in [2.75, 3.05) is 25.0 Å². The normalized spacial score (nSPS) is 15.6. The lowest BCUT2D eigenvalue weighted by Crippen LogP contribution is -2.44. The number of aryl methyl sites for hydroxylation is 1. The van der Waals surface area contributed by atoms with E-state index in [1.54, 1.807) is 13.0 Å². The number of nitrogens with zero attached hydrogens (tertiary/aromatic N) is 2. The van der Waals surface area contributed by atoms with Crippen LogP contribution in [0.15, 0.2) is 34.9 Å². The van der Waals surface area contributed by atoms with Gasteiger partial charge in [0, 0.05) is 32.2 Å². The zero-order chi connectivity index (χ0) is 17.6. The van der Waals surface area contributed by atoms with Gasteiger partial charge in [-0.15, -0.1) is 0 Å². The molecule has 0 aliphatic carbocycles. The predicted molar refractivity (Wildman–Crippen MR) is 97.4 cm³/mol. The third kappa shape index (κ3) is 4.67. The smallest absolute Gasteiger partial charge is 0.242 e. The number of aromatic nitrogens is 1. The van der Waals surface area contributed by atoms with Crippen LogP contribution < -0.4 is 10.6 Å². The molecule has 0 saturated heterocycles. The number of nitrogens with one attached hydrogen (secondary N) is 2. The summed E-state index contributed by atoms with van der Waals surface area (Å²) in [5.41, 5.74) is 2.88. The van der Waals surface area contributed by atoms with E-state index in [4.69, 9.17) is 4.52 Å². The largest absolute Gasteiger partial charge is 0.360 e. The van der Waals surface area contributed by atoms with E-state index in [1.807, 2.05) is 6.92 Å². The van der Waals surface area contributed by atoms with Crippen molar-refractivity contribution in [1.29, 1.82) is 0 Å². The molecule has 25 heavy (non-hydrogen) atoms. The summed E-state index contributed by atoms with van der Waals surface area (Å²) in [4.78, 5) is 14.8. The maximum atomic E-state index is 12.3. The maximum absolute atomic E-state index is 12.3. The molecule has 1 aliphatic rings. The fourth-order valence-electron chi connectivity index (χ4n) is 3.20. The molecule has 1 aromatic heterocycles. The topological polar surface area (TPSA) is 70.4 Å². The van der Waals surface area contributed by atoms with Crippen molar-refractivity contribution in [3.63, 3.8) is 0 Å². The van der Waals surface area contributed by atoms with Crippen molar-refractivity contribution in [2.24, 2.45) is 0 Å². The summed E-state index contributed by atoms with van der Waals surface area (Å²) >= 11 is 0. The molecule has 0 fully saturated rings. The third-order valence-electron chi connectivity index (χ3n) is 4.63. The van der Waals surface area contributed by atoms with Crippen LogP contribution in [0.4, 0.5) is 5.82 Å². The lowest BCUT2D eigenvalue weighted by atomic mass is 10.00. The van der Waals surface area contributed by atoms with Gasteiger partial charge in [-0.2, -0.15) is 0 Å². The fourth-order valence-corrected chi connectivity index (χ4v) is 3.20. The van der Waals surface area contributed by atoms with Gasteiger partial charge < -0.3 is 15.2 Å². The summed E-state index contributed by atoms with van der Waals surface area (Å²) in [5.74, 6) is 1.08. The van der Waals surface area contributed by atoms with Gasteiger partial charge in [-0.3, -0.25) is 9.69 Å². The number of carbonyl (C=O) groups is 1. The zero-order valence-corrected chi connectivity index (χ0v) is 14.9. The Labute approximate surface area is 148 Å². The third-order valence-corrected chi connectivity index (χ3v) is 4.63. The standard InChI is InChI=1S/C19H26N4O2/c1-3-17(19(24)21-18-12-14(2)25-22-18)20-9-11-23-10-8-15-6-4-5-7-16(15)13-23/h4-7,12,17,20H,3,8-11,13H2,1-2H3,(H,21,22,24). The summed E-state index contributed by atoms with van der Waals surface area (Å²) in [6.45, 7) is 7.57. The molecule has 1 atom stereocenters. The van der Waals surface area contributed by atoms with E-state index >= 15 is 0 Å². The monoisotopic (exact) mass is 342 g/mol. The minimum atomic E-state index is -0.228. The van der Waals surface area contributed by atoms with Crippen molar-refractivity contribution < 1.29 is 9.32 Å². The first-order valence-electron chi connectivity index (χ1n) is 8.92. The van der Waals surface area contributed by atoms with Crippen molar-refractivity contribution in [3.8, 4) is 0 Å². The molecule has 2 N–H and O–H groups in total. The number of rotatable bonds is 7. The fraction of sp³-hybridized carbons (Fsp3) is 0.474. The van der Waals surface area contributed by atoms with Crippen LogP contribution in [0.25, 0.3) is 0 Å². The van der Waals surface area contributed by atoms with E-state index in [0.29, 0.717) is 11.6 Å². The molecule has 0 radical (unpaired) electrons. The average molecular weight is 342 g/mol. The van der Waals surface area contributed by atoms with Crippen molar-refractivity contribution in [3.05, 3.63) is 47.2 Å². The van der Waals surface area contributed by atoms with Crippen molar-refractivity contribution in [1.82, 2.24) is 15.4 Å². The van der Waals surface area contributed by atoms with Crippen LogP contribution >= 0.6 is 0 Å². The highest BCUT2D eigenvalue weighted by Gasteiger charge is 2.19. The Morgan fingerprint density at radius 2 is 2.16 bits per heavy atom. The second-order valence-electron chi connectivity index (χ2n) is 6.52. The molecule has 6 nitrogen and oxygen atoms in total. The van der Waals surface area contributed by atoms with Crippen molar-refractivity contribution in [2.45, 2.75) is 39.3 Å². The molecular formula is C19H26N4O2. The second-order valence-corrected chi connectivity index (χ2v) is 6.52. The molecule has 6 heteroatoms. The zero-order valence-electron chi connectivity index (χ0n) is 14.9. The minimum absolute atomic E-state index is 0.0696.